The van der Waals surface area contributed by atoms with E-state index in [9.17, 15) is 9.90 Å². The summed E-state index contributed by atoms with van der Waals surface area (Å²) in [4.78, 5) is 11.0. The van der Waals surface area contributed by atoms with Crippen molar-refractivity contribution in [3.8, 4) is 5.75 Å². The smallest absolute Gasteiger partial charge is 0.305 e. The molecule has 19 heavy (non-hydrogen) atoms. The van der Waals surface area contributed by atoms with Crippen molar-refractivity contribution in [1.82, 2.24) is 0 Å². The van der Waals surface area contributed by atoms with Crippen LogP contribution in [0.5, 0.6) is 5.75 Å². The van der Waals surface area contributed by atoms with Gasteiger partial charge < -0.3 is 14.6 Å². The minimum Gasteiger partial charge on any atom is -0.496 e. The monoisotopic (exact) mass is 266 g/mol. The summed E-state index contributed by atoms with van der Waals surface area (Å²) in [6, 6.07) is 3.94. The highest BCUT2D eigenvalue weighted by Crippen LogP contribution is 2.32. The second-order valence-corrected chi connectivity index (χ2v) is 4.69. The van der Waals surface area contributed by atoms with Gasteiger partial charge in [0, 0.05) is 12.0 Å². The number of aryl methyl sites for hydroxylation is 2. The van der Waals surface area contributed by atoms with E-state index in [2.05, 4.69) is 4.74 Å². The van der Waals surface area contributed by atoms with Gasteiger partial charge in [-0.25, -0.2) is 0 Å². The lowest BCUT2D eigenvalue weighted by Crippen LogP contribution is -2.05. The quantitative estimate of drug-likeness (QED) is 0.804. The normalized spacial score (nSPS) is 12.1. The fourth-order valence-corrected chi connectivity index (χ4v) is 2.21. The molecule has 106 valence electrons. The average molecular weight is 266 g/mol. The summed E-state index contributed by atoms with van der Waals surface area (Å²) in [7, 11) is 2.97. The standard InChI is InChI=1S/C15H22O4/c1-10-8-11(2)15(19-4)12(9-10)13(16)6-5-7-14(17)18-3/h8-9,13,16H,5-7H2,1-4H3. The molecule has 0 aromatic heterocycles. The third kappa shape index (κ3) is 4.24. The molecule has 1 aromatic rings. The summed E-state index contributed by atoms with van der Waals surface area (Å²) in [6.45, 7) is 3.94. The Hall–Kier alpha value is -1.55. The Kier molecular flexibility index (Phi) is 5.83. The predicted octanol–water partition coefficient (Wildman–Crippen LogP) is 2.69. The van der Waals surface area contributed by atoms with Gasteiger partial charge in [-0.15, -0.1) is 0 Å². The van der Waals surface area contributed by atoms with Crippen LogP contribution in [0.3, 0.4) is 0 Å². The van der Waals surface area contributed by atoms with Crippen molar-refractivity contribution >= 4 is 5.97 Å². The van der Waals surface area contributed by atoms with Crippen LogP contribution in [0.15, 0.2) is 12.1 Å². The second-order valence-electron chi connectivity index (χ2n) is 4.69. The van der Waals surface area contributed by atoms with E-state index >= 15 is 0 Å². The number of rotatable bonds is 6. The van der Waals surface area contributed by atoms with E-state index in [-0.39, 0.29) is 5.97 Å². The van der Waals surface area contributed by atoms with Gasteiger partial charge in [-0.2, -0.15) is 0 Å². The van der Waals surface area contributed by atoms with Gasteiger partial charge in [0.05, 0.1) is 20.3 Å². The van der Waals surface area contributed by atoms with Crippen molar-refractivity contribution in [2.45, 2.75) is 39.2 Å². The number of methoxy groups -OCH3 is 2. The summed E-state index contributed by atoms with van der Waals surface area (Å²) in [5, 5.41) is 10.2. The van der Waals surface area contributed by atoms with E-state index in [4.69, 9.17) is 4.74 Å². The van der Waals surface area contributed by atoms with Crippen molar-refractivity contribution in [3.05, 3.63) is 28.8 Å². The molecule has 0 fully saturated rings. The lowest BCUT2D eigenvalue weighted by atomic mass is 9.98. The molecule has 0 saturated carbocycles. The van der Waals surface area contributed by atoms with Crippen LogP contribution in [0.25, 0.3) is 0 Å². The second kappa shape index (κ2) is 7.14. The Morgan fingerprint density at radius 3 is 2.58 bits per heavy atom. The summed E-state index contributed by atoms with van der Waals surface area (Å²) < 4.78 is 9.92. The topological polar surface area (TPSA) is 55.8 Å². The van der Waals surface area contributed by atoms with E-state index < -0.39 is 6.10 Å². The van der Waals surface area contributed by atoms with E-state index in [1.807, 2.05) is 26.0 Å². The zero-order chi connectivity index (χ0) is 14.4. The highest BCUT2D eigenvalue weighted by molar-refractivity contribution is 5.69. The van der Waals surface area contributed by atoms with Crippen LogP contribution in [0.1, 0.15) is 42.1 Å². The number of aliphatic hydroxyl groups excluding tert-OH is 1. The number of hydrogen-bond acceptors (Lipinski definition) is 4. The first-order chi connectivity index (χ1) is 8.99. The zero-order valence-corrected chi connectivity index (χ0v) is 12.0. The van der Waals surface area contributed by atoms with Crippen LogP contribution in [-0.4, -0.2) is 25.3 Å². The zero-order valence-electron chi connectivity index (χ0n) is 12.0. The fourth-order valence-electron chi connectivity index (χ4n) is 2.21. The Morgan fingerprint density at radius 1 is 1.32 bits per heavy atom. The SMILES string of the molecule is COC(=O)CCCC(O)c1cc(C)cc(C)c1OC. The minimum atomic E-state index is -0.627. The van der Waals surface area contributed by atoms with Crippen LogP contribution in [0.2, 0.25) is 0 Å². The summed E-state index contributed by atoms with van der Waals surface area (Å²) in [5.74, 6) is 0.468. The maximum absolute atomic E-state index is 11.0. The third-order valence-corrected chi connectivity index (χ3v) is 3.10. The molecule has 1 N–H and O–H groups in total. The molecule has 0 saturated heterocycles. The Balaban J connectivity index is 2.76. The van der Waals surface area contributed by atoms with Gasteiger partial charge in [0.1, 0.15) is 5.75 Å². The molecule has 1 rings (SSSR count). The Bertz CT molecular complexity index is 440. The first-order valence-electron chi connectivity index (χ1n) is 6.39. The lowest BCUT2D eigenvalue weighted by molar-refractivity contribution is -0.140. The number of hydrogen-bond donors (Lipinski definition) is 1. The molecule has 0 bridgehead atoms. The van der Waals surface area contributed by atoms with Crippen molar-refractivity contribution in [2.24, 2.45) is 0 Å². The van der Waals surface area contributed by atoms with Crippen LogP contribution in [-0.2, 0) is 9.53 Å². The molecule has 0 heterocycles. The number of carbonyl (C=O) groups is 1. The first-order valence-corrected chi connectivity index (χ1v) is 6.39. The van der Waals surface area contributed by atoms with Crippen molar-refractivity contribution in [3.63, 3.8) is 0 Å². The van der Waals surface area contributed by atoms with E-state index in [1.54, 1.807) is 7.11 Å². The molecule has 4 nitrogen and oxygen atoms in total. The molecule has 0 aliphatic rings. The first kappa shape index (κ1) is 15.5. The molecule has 1 unspecified atom stereocenters. The van der Waals surface area contributed by atoms with Gasteiger partial charge >= 0.3 is 5.97 Å². The molecule has 0 amide bonds. The van der Waals surface area contributed by atoms with E-state index in [0.29, 0.717) is 19.3 Å². The molecular weight excluding hydrogens is 244 g/mol. The summed E-state index contributed by atoms with van der Waals surface area (Å²) >= 11 is 0. The maximum Gasteiger partial charge on any atom is 0.305 e. The molecule has 0 radical (unpaired) electrons. The fraction of sp³-hybridized carbons (Fsp3) is 0.533. The predicted molar refractivity (Wildman–Crippen MR) is 73.3 cm³/mol. The molecule has 0 aliphatic heterocycles. The van der Waals surface area contributed by atoms with Crippen molar-refractivity contribution in [1.29, 1.82) is 0 Å². The Morgan fingerprint density at radius 2 is 2.00 bits per heavy atom. The van der Waals surface area contributed by atoms with Crippen LogP contribution < -0.4 is 4.74 Å². The van der Waals surface area contributed by atoms with Gasteiger partial charge in [0.15, 0.2) is 0 Å². The van der Waals surface area contributed by atoms with Gasteiger partial charge in [0.25, 0.3) is 0 Å². The highest BCUT2D eigenvalue weighted by atomic mass is 16.5. The lowest BCUT2D eigenvalue weighted by Gasteiger charge is -2.17. The third-order valence-electron chi connectivity index (χ3n) is 3.10. The number of carbonyl (C=O) groups excluding carboxylic acids is 1. The molecule has 0 spiro atoms. The summed E-state index contributed by atoms with van der Waals surface area (Å²) in [5.41, 5.74) is 2.87. The Labute approximate surface area is 114 Å². The van der Waals surface area contributed by atoms with Gasteiger partial charge in [-0.05, 0) is 38.3 Å². The van der Waals surface area contributed by atoms with Crippen molar-refractivity contribution < 1.29 is 19.4 Å². The highest BCUT2D eigenvalue weighted by Gasteiger charge is 2.16. The number of aliphatic hydroxyl groups is 1. The van der Waals surface area contributed by atoms with Crippen molar-refractivity contribution in [2.75, 3.05) is 14.2 Å². The van der Waals surface area contributed by atoms with Crippen LogP contribution >= 0.6 is 0 Å². The molecular formula is C15H22O4. The van der Waals surface area contributed by atoms with E-state index in [1.165, 1.54) is 7.11 Å². The number of esters is 1. The van der Waals surface area contributed by atoms with Crippen LogP contribution in [0.4, 0.5) is 0 Å². The molecule has 4 heteroatoms. The molecule has 1 atom stereocenters. The van der Waals surface area contributed by atoms with Gasteiger partial charge in [-0.3, -0.25) is 4.79 Å². The summed E-state index contributed by atoms with van der Waals surface area (Å²) in [6.07, 6.45) is 0.789. The van der Waals surface area contributed by atoms with Gasteiger partial charge in [-0.1, -0.05) is 11.6 Å². The van der Waals surface area contributed by atoms with Crippen LogP contribution in [0, 0.1) is 13.8 Å². The van der Waals surface area contributed by atoms with E-state index in [0.717, 1.165) is 22.4 Å². The number of benzene rings is 1. The number of ether oxygens (including phenoxy) is 2. The molecule has 1 aromatic carbocycles. The molecule has 0 aliphatic carbocycles. The largest absolute Gasteiger partial charge is 0.496 e. The maximum atomic E-state index is 11.0. The van der Waals surface area contributed by atoms with Gasteiger partial charge in [0.2, 0.25) is 0 Å². The average Bonchev–Trinajstić information content (AvgIpc) is 2.37. The minimum absolute atomic E-state index is 0.250.